The molecule has 2 amide bonds. The molecule has 4 aliphatic rings. The van der Waals surface area contributed by atoms with Crippen molar-refractivity contribution >= 4 is 17.8 Å². The third kappa shape index (κ3) is 5.15. The zero-order valence-electron chi connectivity index (χ0n) is 22.8. The molecule has 0 aliphatic carbocycles. The fraction of sp³-hybridized carbons (Fsp3) is 0.750. The maximum atomic E-state index is 14.4. The Balaban J connectivity index is 1.65. The second-order valence-electron chi connectivity index (χ2n) is 11.1. The van der Waals surface area contributed by atoms with E-state index in [2.05, 4.69) is 18.1 Å². The van der Waals surface area contributed by atoms with Crippen LogP contribution in [0.2, 0.25) is 0 Å². The Morgan fingerprint density at radius 1 is 1.26 bits per heavy atom. The number of hydrogen-bond donors (Lipinski definition) is 1. The molecule has 10 nitrogen and oxygen atoms in total. The van der Waals surface area contributed by atoms with E-state index in [-0.39, 0.29) is 30.9 Å². The van der Waals surface area contributed by atoms with E-state index in [4.69, 9.17) is 14.2 Å². The Kier molecular flexibility index (Phi) is 9.28. The van der Waals surface area contributed by atoms with Crippen molar-refractivity contribution in [3.63, 3.8) is 0 Å². The molecule has 212 valence electrons. The number of fused-ring (bicyclic) bond motifs is 1. The van der Waals surface area contributed by atoms with E-state index in [9.17, 15) is 19.5 Å². The van der Waals surface area contributed by atoms with Crippen LogP contribution in [0.5, 0.6) is 0 Å². The predicted octanol–water partition coefficient (Wildman–Crippen LogP) is 0.844. The summed E-state index contributed by atoms with van der Waals surface area (Å²) in [5.41, 5.74) is -1.12. The van der Waals surface area contributed by atoms with Crippen LogP contribution in [0.1, 0.15) is 33.1 Å². The van der Waals surface area contributed by atoms with Crippen molar-refractivity contribution in [2.75, 3.05) is 59.2 Å². The molecular formula is C28H43N3O7. The summed E-state index contributed by atoms with van der Waals surface area (Å²) in [4.78, 5) is 47.2. The first-order valence-corrected chi connectivity index (χ1v) is 13.9. The predicted molar refractivity (Wildman–Crippen MR) is 140 cm³/mol. The fourth-order valence-electron chi connectivity index (χ4n) is 6.66. The smallest absolute Gasteiger partial charge is 0.312 e. The van der Waals surface area contributed by atoms with Gasteiger partial charge in [-0.25, -0.2) is 0 Å². The van der Waals surface area contributed by atoms with Gasteiger partial charge in [0.25, 0.3) is 0 Å². The molecule has 0 aromatic heterocycles. The summed E-state index contributed by atoms with van der Waals surface area (Å²) in [6.07, 6.45) is 4.48. The molecule has 0 saturated carbocycles. The summed E-state index contributed by atoms with van der Waals surface area (Å²) in [6, 6.07) is -1.51. The SMILES string of the molecule is C=CCCOC(=O)[C@@H]1[C@@H]2CCC3(O2)C(C(=O)N(CC=C)CCN2CCOCC2)N([C@@H](CO)C(C)C)C(=O)[C@H]13. The van der Waals surface area contributed by atoms with Crippen LogP contribution >= 0.6 is 0 Å². The summed E-state index contributed by atoms with van der Waals surface area (Å²) in [5, 5.41) is 10.3. The van der Waals surface area contributed by atoms with Crippen LogP contribution in [-0.2, 0) is 28.6 Å². The summed E-state index contributed by atoms with van der Waals surface area (Å²) >= 11 is 0. The number of carbonyl (C=O) groups excluding carboxylic acids is 3. The lowest BCUT2D eigenvalue weighted by Gasteiger charge is -2.40. The second-order valence-corrected chi connectivity index (χ2v) is 11.1. The van der Waals surface area contributed by atoms with Gasteiger partial charge < -0.3 is 29.1 Å². The number of esters is 1. The molecule has 0 radical (unpaired) electrons. The van der Waals surface area contributed by atoms with Gasteiger partial charge in [0.2, 0.25) is 11.8 Å². The van der Waals surface area contributed by atoms with Gasteiger partial charge in [-0.05, 0) is 25.2 Å². The number of likely N-dealkylation sites (tertiary alicyclic amines) is 1. The van der Waals surface area contributed by atoms with Crippen LogP contribution < -0.4 is 0 Å². The standard InChI is InChI=1S/C28H43N3O7/c1-5-7-15-37-27(35)22-21-8-9-28(38-21)23(22)25(33)31(20(18-32)19(3)4)24(28)26(34)30(10-6-2)12-11-29-13-16-36-17-14-29/h5-6,19-24,32H,1-2,7-18H2,3-4H3/t20-,21-,22+,23-,24?,28?/m0/s1. The van der Waals surface area contributed by atoms with Gasteiger partial charge in [-0.15, -0.1) is 13.2 Å². The van der Waals surface area contributed by atoms with E-state index >= 15 is 0 Å². The number of morpholine rings is 1. The lowest BCUT2D eigenvalue weighted by molar-refractivity contribution is -0.157. The molecule has 4 aliphatic heterocycles. The van der Waals surface area contributed by atoms with E-state index in [1.165, 1.54) is 4.90 Å². The second kappa shape index (κ2) is 12.3. The van der Waals surface area contributed by atoms with Gasteiger partial charge in [0.05, 0.1) is 50.4 Å². The first kappa shape index (κ1) is 28.7. The highest BCUT2D eigenvalue weighted by molar-refractivity contribution is 5.98. The Morgan fingerprint density at radius 3 is 2.63 bits per heavy atom. The van der Waals surface area contributed by atoms with Gasteiger partial charge in [-0.3, -0.25) is 19.3 Å². The Bertz CT molecular complexity index is 905. The molecule has 0 aromatic carbocycles. The molecule has 4 heterocycles. The molecule has 38 heavy (non-hydrogen) atoms. The van der Waals surface area contributed by atoms with E-state index in [1.54, 1.807) is 17.1 Å². The van der Waals surface area contributed by atoms with E-state index in [0.29, 0.717) is 52.1 Å². The maximum absolute atomic E-state index is 14.4. The fourth-order valence-corrected chi connectivity index (χ4v) is 6.66. The van der Waals surface area contributed by atoms with Crippen LogP contribution in [0.4, 0.5) is 0 Å². The highest BCUT2D eigenvalue weighted by Crippen LogP contribution is 2.59. The highest BCUT2D eigenvalue weighted by Gasteiger charge is 2.75. The van der Waals surface area contributed by atoms with Crippen molar-refractivity contribution < 1.29 is 33.7 Å². The summed E-state index contributed by atoms with van der Waals surface area (Å²) < 4.78 is 17.4. The maximum Gasteiger partial charge on any atom is 0.312 e. The van der Waals surface area contributed by atoms with Crippen LogP contribution in [-0.4, -0.2) is 121 Å². The minimum absolute atomic E-state index is 0.106. The molecule has 4 rings (SSSR count). The molecule has 10 heteroatoms. The van der Waals surface area contributed by atoms with Gasteiger partial charge in [0.15, 0.2) is 0 Å². The van der Waals surface area contributed by atoms with Crippen LogP contribution in [0.3, 0.4) is 0 Å². The zero-order chi connectivity index (χ0) is 27.4. The Morgan fingerprint density at radius 2 is 2.00 bits per heavy atom. The number of ether oxygens (including phenoxy) is 3. The van der Waals surface area contributed by atoms with Crippen molar-refractivity contribution in [3.05, 3.63) is 25.3 Å². The monoisotopic (exact) mass is 533 g/mol. The molecule has 1 N–H and O–H groups in total. The minimum atomic E-state index is -1.12. The van der Waals surface area contributed by atoms with Crippen molar-refractivity contribution in [3.8, 4) is 0 Å². The van der Waals surface area contributed by atoms with Gasteiger partial charge in [0, 0.05) is 32.7 Å². The Hall–Kier alpha value is -2.27. The number of carbonyl (C=O) groups is 3. The first-order chi connectivity index (χ1) is 18.3. The first-order valence-electron chi connectivity index (χ1n) is 13.9. The molecule has 6 atom stereocenters. The molecule has 2 unspecified atom stereocenters. The molecule has 1 spiro atoms. The normalized spacial score (nSPS) is 31.4. The van der Waals surface area contributed by atoms with Crippen LogP contribution in [0.25, 0.3) is 0 Å². The lowest BCUT2D eigenvalue weighted by Crippen LogP contribution is -2.60. The number of hydrogen-bond acceptors (Lipinski definition) is 8. The quantitative estimate of drug-likeness (QED) is 0.211. The van der Waals surface area contributed by atoms with Crippen molar-refractivity contribution in [1.82, 2.24) is 14.7 Å². The summed E-state index contributed by atoms with van der Waals surface area (Å²) in [5.74, 6) is -2.70. The molecule has 4 fully saturated rings. The molecule has 2 bridgehead atoms. The zero-order valence-corrected chi connectivity index (χ0v) is 22.8. The van der Waals surface area contributed by atoms with E-state index in [0.717, 1.165) is 13.1 Å². The highest BCUT2D eigenvalue weighted by atomic mass is 16.6. The largest absolute Gasteiger partial charge is 0.465 e. The molecule has 0 aromatic rings. The number of amides is 2. The number of nitrogens with zero attached hydrogens (tertiary/aromatic N) is 3. The minimum Gasteiger partial charge on any atom is -0.465 e. The Labute approximate surface area is 225 Å². The van der Waals surface area contributed by atoms with Crippen molar-refractivity contribution in [1.29, 1.82) is 0 Å². The third-order valence-electron chi connectivity index (χ3n) is 8.58. The van der Waals surface area contributed by atoms with Crippen molar-refractivity contribution in [2.24, 2.45) is 17.8 Å². The van der Waals surface area contributed by atoms with Crippen molar-refractivity contribution in [2.45, 2.75) is 56.9 Å². The van der Waals surface area contributed by atoms with Gasteiger partial charge >= 0.3 is 5.97 Å². The van der Waals surface area contributed by atoms with Crippen LogP contribution in [0.15, 0.2) is 25.3 Å². The van der Waals surface area contributed by atoms with Crippen LogP contribution in [0, 0.1) is 17.8 Å². The number of aliphatic hydroxyl groups is 1. The third-order valence-corrected chi connectivity index (χ3v) is 8.58. The van der Waals surface area contributed by atoms with E-state index in [1.807, 2.05) is 13.8 Å². The molecular weight excluding hydrogens is 490 g/mol. The average molecular weight is 534 g/mol. The summed E-state index contributed by atoms with van der Waals surface area (Å²) in [7, 11) is 0. The molecule has 4 saturated heterocycles. The van der Waals surface area contributed by atoms with Gasteiger partial charge in [0.1, 0.15) is 11.6 Å². The summed E-state index contributed by atoms with van der Waals surface area (Å²) in [6.45, 7) is 15.6. The topological polar surface area (TPSA) is 109 Å². The average Bonchev–Trinajstić information content (AvgIpc) is 3.55. The number of rotatable bonds is 13. The lowest BCUT2D eigenvalue weighted by atomic mass is 9.70. The van der Waals surface area contributed by atoms with Gasteiger partial charge in [-0.2, -0.15) is 0 Å². The number of aliphatic hydroxyl groups excluding tert-OH is 1. The van der Waals surface area contributed by atoms with E-state index < -0.39 is 41.6 Å². The van der Waals surface area contributed by atoms with Gasteiger partial charge in [-0.1, -0.05) is 26.0 Å².